The molecule has 0 spiro atoms. The van der Waals surface area contributed by atoms with Gasteiger partial charge in [-0.1, -0.05) is 26.7 Å². The largest absolute Gasteiger partial charge is 0.369 e. The Morgan fingerprint density at radius 1 is 1.14 bits per heavy atom. The Bertz CT molecular complexity index is 336. The third-order valence-corrected chi connectivity index (χ3v) is 5.87. The van der Waals surface area contributed by atoms with Crippen LogP contribution < -0.4 is 5.32 Å². The second-order valence-corrected chi connectivity index (χ2v) is 8.60. The normalized spacial score (nSPS) is 36.0. The van der Waals surface area contributed by atoms with Crippen LogP contribution in [0.1, 0.15) is 80.1 Å². The molecule has 1 N–H and O–H groups in total. The van der Waals surface area contributed by atoms with E-state index in [1.807, 2.05) is 0 Å². The van der Waals surface area contributed by atoms with Crippen LogP contribution in [0.2, 0.25) is 0 Å². The summed E-state index contributed by atoms with van der Waals surface area (Å²) in [5.41, 5.74) is 0.0300. The highest BCUT2D eigenvalue weighted by Gasteiger charge is 2.51. The lowest BCUT2D eigenvalue weighted by Gasteiger charge is -2.37. The van der Waals surface area contributed by atoms with Crippen LogP contribution in [0, 0.1) is 17.8 Å². The summed E-state index contributed by atoms with van der Waals surface area (Å²) in [4.78, 5) is 0. The lowest BCUT2D eigenvalue weighted by atomic mass is 9.75. The molecule has 1 aliphatic carbocycles. The molecule has 1 aliphatic heterocycles. The summed E-state index contributed by atoms with van der Waals surface area (Å²) in [6, 6.07) is 0.637. The topological polar surface area (TPSA) is 21.3 Å². The fourth-order valence-electron chi connectivity index (χ4n) is 4.92. The molecule has 4 atom stereocenters. The minimum atomic E-state index is -0.000784. The van der Waals surface area contributed by atoms with Gasteiger partial charge in [0, 0.05) is 12.0 Å². The maximum atomic E-state index is 6.38. The first kappa shape index (κ1) is 17.3. The third-order valence-electron chi connectivity index (χ3n) is 5.87. The molecule has 124 valence electrons. The summed E-state index contributed by atoms with van der Waals surface area (Å²) in [7, 11) is 0. The average Bonchev–Trinajstić information content (AvgIpc) is 2.92. The quantitative estimate of drug-likeness (QED) is 0.762. The predicted molar refractivity (Wildman–Crippen MR) is 90.6 cm³/mol. The summed E-state index contributed by atoms with van der Waals surface area (Å²) < 4.78 is 6.38. The lowest BCUT2D eigenvalue weighted by molar-refractivity contribution is -0.0796. The zero-order valence-electron chi connectivity index (χ0n) is 15.2. The van der Waals surface area contributed by atoms with Crippen LogP contribution in [0.4, 0.5) is 0 Å². The van der Waals surface area contributed by atoms with Gasteiger partial charge in [-0.2, -0.15) is 0 Å². The Labute approximate surface area is 132 Å². The van der Waals surface area contributed by atoms with Crippen LogP contribution >= 0.6 is 0 Å². The highest BCUT2D eigenvalue weighted by Crippen LogP contribution is 2.48. The summed E-state index contributed by atoms with van der Waals surface area (Å²) in [5.74, 6) is 2.45. The molecular formula is C19H37NO. The van der Waals surface area contributed by atoms with Gasteiger partial charge in [0.25, 0.3) is 0 Å². The molecular weight excluding hydrogens is 258 g/mol. The Balaban J connectivity index is 2.12. The first-order valence-corrected chi connectivity index (χ1v) is 9.22. The summed E-state index contributed by atoms with van der Waals surface area (Å²) in [5, 5.41) is 3.91. The van der Waals surface area contributed by atoms with Crippen molar-refractivity contribution >= 4 is 0 Å². The van der Waals surface area contributed by atoms with Crippen molar-refractivity contribution in [1.29, 1.82) is 0 Å². The van der Waals surface area contributed by atoms with Crippen LogP contribution in [0.3, 0.4) is 0 Å². The first-order chi connectivity index (χ1) is 9.79. The van der Waals surface area contributed by atoms with E-state index in [4.69, 9.17) is 4.74 Å². The number of hydrogen-bond acceptors (Lipinski definition) is 2. The Morgan fingerprint density at radius 2 is 1.86 bits per heavy atom. The van der Waals surface area contributed by atoms with Crippen LogP contribution in [0.15, 0.2) is 0 Å². The van der Waals surface area contributed by atoms with Crippen molar-refractivity contribution in [2.24, 2.45) is 17.8 Å². The van der Waals surface area contributed by atoms with E-state index in [0.717, 1.165) is 18.4 Å². The molecule has 2 aliphatic rings. The average molecular weight is 296 g/mol. The van der Waals surface area contributed by atoms with Crippen molar-refractivity contribution in [2.75, 3.05) is 6.54 Å². The zero-order chi connectivity index (χ0) is 15.7. The molecule has 2 nitrogen and oxygen atoms in total. The van der Waals surface area contributed by atoms with Crippen LogP contribution in [-0.2, 0) is 4.74 Å². The van der Waals surface area contributed by atoms with Gasteiger partial charge in [-0.05, 0) is 71.8 Å². The highest BCUT2D eigenvalue weighted by molar-refractivity contribution is 5.02. The molecule has 1 heterocycles. The third kappa shape index (κ3) is 4.01. The summed E-state index contributed by atoms with van der Waals surface area (Å²) in [6.45, 7) is 14.9. The molecule has 2 rings (SSSR count). The molecule has 2 fully saturated rings. The molecule has 0 amide bonds. The van der Waals surface area contributed by atoms with Gasteiger partial charge in [0.1, 0.15) is 0 Å². The maximum absolute atomic E-state index is 6.38. The lowest BCUT2D eigenvalue weighted by Crippen LogP contribution is -2.48. The summed E-state index contributed by atoms with van der Waals surface area (Å²) in [6.07, 6.45) is 8.03. The van der Waals surface area contributed by atoms with Gasteiger partial charge in [-0.15, -0.1) is 0 Å². The fourth-order valence-corrected chi connectivity index (χ4v) is 4.92. The van der Waals surface area contributed by atoms with E-state index in [9.17, 15) is 0 Å². The number of hydrogen-bond donors (Lipinski definition) is 1. The predicted octanol–water partition coefficient (Wildman–Crippen LogP) is 4.77. The van der Waals surface area contributed by atoms with E-state index in [1.165, 1.54) is 38.5 Å². The standard InChI is InChI=1S/C19H37NO/c1-7-11-20-17(15-10-9-14(8-2)12-15)16-13-18(3,4)21-19(16,5)6/h14-17,20H,7-13H2,1-6H3. The molecule has 0 aromatic carbocycles. The van der Waals surface area contributed by atoms with Crippen molar-refractivity contribution in [1.82, 2.24) is 5.32 Å². The van der Waals surface area contributed by atoms with Gasteiger partial charge < -0.3 is 10.1 Å². The minimum Gasteiger partial charge on any atom is -0.369 e. The molecule has 1 saturated heterocycles. The van der Waals surface area contributed by atoms with Gasteiger partial charge >= 0.3 is 0 Å². The molecule has 1 saturated carbocycles. The maximum Gasteiger partial charge on any atom is 0.0677 e. The van der Waals surface area contributed by atoms with Gasteiger partial charge in [0.05, 0.1) is 11.2 Å². The van der Waals surface area contributed by atoms with Crippen molar-refractivity contribution in [3.8, 4) is 0 Å². The Morgan fingerprint density at radius 3 is 2.33 bits per heavy atom. The van der Waals surface area contributed by atoms with E-state index in [1.54, 1.807) is 0 Å². The van der Waals surface area contributed by atoms with Crippen LogP contribution in [-0.4, -0.2) is 23.8 Å². The van der Waals surface area contributed by atoms with E-state index in [2.05, 4.69) is 46.9 Å². The molecule has 0 aromatic rings. The first-order valence-electron chi connectivity index (χ1n) is 9.22. The van der Waals surface area contributed by atoms with Crippen LogP contribution in [0.25, 0.3) is 0 Å². The molecule has 21 heavy (non-hydrogen) atoms. The number of ether oxygens (including phenoxy) is 1. The summed E-state index contributed by atoms with van der Waals surface area (Å²) >= 11 is 0. The van der Waals surface area contributed by atoms with Crippen molar-refractivity contribution in [2.45, 2.75) is 97.3 Å². The Hall–Kier alpha value is -0.0800. The van der Waals surface area contributed by atoms with Gasteiger partial charge in [-0.25, -0.2) is 0 Å². The van der Waals surface area contributed by atoms with Gasteiger partial charge in [0.15, 0.2) is 0 Å². The monoisotopic (exact) mass is 295 g/mol. The second-order valence-electron chi connectivity index (χ2n) is 8.60. The molecule has 0 radical (unpaired) electrons. The van der Waals surface area contributed by atoms with E-state index >= 15 is 0 Å². The molecule has 0 aromatic heterocycles. The number of nitrogens with one attached hydrogen (secondary N) is 1. The highest BCUT2D eigenvalue weighted by atomic mass is 16.5. The molecule has 4 unspecified atom stereocenters. The fraction of sp³-hybridized carbons (Fsp3) is 1.00. The van der Waals surface area contributed by atoms with E-state index < -0.39 is 0 Å². The smallest absolute Gasteiger partial charge is 0.0677 e. The van der Waals surface area contributed by atoms with Crippen LogP contribution in [0.5, 0.6) is 0 Å². The van der Waals surface area contributed by atoms with Crippen molar-refractivity contribution in [3.63, 3.8) is 0 Å². The van der Waals surface area contributed by atoms with Gasteiger partial charge in [-0.3, -0.25) is 0 Å². The molecule has 2 heteroatoms. The van der Waals surface area contributed by atoms with Crippen molar-refractivity contribution < 1.29 is 4.74 Å². The van der Waals surface area contributed by atoms with Gasteiger partial charge in [0.2, 0.25) is 0 Å². The van der Waals surface area contributed by atoms with E-state index in [0.29, 0.717) is 12.0 Å². The minimum absolute atomic E-state index is 0.000784. The number of rotatable bonds is 6. The Kier molecular flexibility index (Phi) is 5.41. The van der Waals surface area contributed by atoms with E-state index in [-0.39, 0.29) is 11.2 Å². The second kappa shape index (κ2) is 6.58. The van der Waals surface area contributed by atoms with Crippen molar-refractivity contribution in [3.05, 3.63) is 0 Å². The SMILES string of the molecule is CCCNC(C1CCC(CC)C1)C1CC(C)(C)OC1(C)C. The zero-order valence-corrected chi connectivity index (χ0v) is 15.2. The molecule has 0 bridgehead atoms.